The van der Waals surface area contributed by atoms with Gasteiger partial charge in [0, 0.05) is 38.0 Å². The zero-order valence-corrected chi connectivity index (χ0v) is 30.4. The van der Waals surface area contributed by atoms with Crippen LogP contribution in [0.15, 0.2) is 30.4 Å². The number of nitrogens with zero attached hydrogens (tertiary/aromatic N) is 2. The standard InChI is InChI=1S/C37H53N5O9/c1-23(2)38-15-16-49-27-14-13-24-20-41(21-25(24)17-27)35(48)50-28-18-30-31(43)40-37(33(45)46)19-26(37)11-9-7-6-8-10-12-29(32(44)42(30)22-28)39-34(47)51-36(3,4)5/h9,11,13-14,17,23,26,28-30,38H,6-8,10,12,15-16,18-22H2,1-5H3,(H,39,47)(H,40,43)(H,45,46)/b11-9-/t26-,28-,29+,30?,37-/m1/s1. The van der Waals surface area contributed by atoms with Gasteiger partial charge in [-0.2, -0.15) is 0 Å². The van der Waals surface area contributed by atoms with E-state index in [0.29, 0.717) is 50.9 Å². The van der Waals surface area contributed by atoms with Gasteiger partial charge in [-0.15, -0.1) is 0 Å². The Kier molecular flexibility index (Phi) is 11.8. The van der Waals surface area contributed by atoms with Crippen molar-refractivity contribution < 1.29 is 43.3 Å². The lowest BCUT2D eigenvalue weighted by Crippen LogP contribution is -2.56. The molecule has 4 amide bonds. The van der Waals surface area contributed by atoms with Gasteiger partial charge in [0.25, 0.3) is 0 Å². The molecule has 1 unspecified atom stereocenters. The van der Waals surface area contributed by atoms with Crippen LogP contribution >= 0.6 is 0 Å². The second-order valence-corrected chi connectivity index (χ2v) is 15.3. The van der Waals surface area contributed by atoms with Gasteiger partial charge in [0.15, 0.2) is 0 Å². The highest BCUT2D eigenvalue weighted by molar-refractivity contribution is 5.96. The molecule has 1 saturated carbocycles. The average Bonchev–Trinajstić information content (AvgIpc) is 3.35. The number of benzene rings is 1. The molecule has 1 saturated heterocycles. The van der Waals surface area contributed by atoms with Crippen LogP contribution < -0.4 is 20.7 Å². The van der Waals surface area contributed by atoms with Gasteiger partial charge in [-0.3, -0.25) is 14.5 Å². The summed E-state index contributed by atoms with van der Waals surface area (Å²) in [6.07, 6.45) is 5.07. The third kappa shape index (κ3) is 9.72. The van der Waals surface area contributed by atoms with Crippen molar-refractivity contribution in [3.63, 3.8) is 0 Å². The number of hydrogen-bond donors (Lipinski definition) is 4. The third-order valence-electron chi connectivity index (χ3n) is 9.66. The molecule has 3 heterocycles. The zero-order valence-electron chi connectivity index (χ0n) is 30.4. The van der Waals surface area contributed by atoms with Crippen LogP contribution in [0.5, 0.6) is 5.75 Å². The minimum absolute atomic E-state index is 0.0259. The van der Waals surface area contributed by atoms with Crippen LogP contribution in [0.4, 0.5) is 9.59 Å². The summed E-state index contributed by atoms with van der Waals surface area (Å²) in [6, 6.07) is 3.96. The number of rotatable bonds is 8. The summed E-state index contributed by atoms with van der Waals surface area (Å²) in [4.78, 5) is 69.6. The zero-order chi connectivity index (χ0) is 36.9. The summed E-state index contributed by atoms with van der Waals surface area (Å²) < 4.78 is 17.2. The van der Waals surface area contributed by atoms with Gasteiger partial charge in [0.1, 0.15) is 41.7 Å². The van der Waals surface area contributed by atoms with Crippen molar-refractivity contribution in [1.82, 2.24) is 25.8 Å². The predicted molar refractivity (Wildman–Crippen MR) is 187 cm³/mol. The van der Waals surface area contributed by atoms with Gasteiger partial charge < -0.3 is 40.2 Å². The number of ether oxygens (including phenoxy) is 3. The molecule has 5 atom stereocenters. The van der Waals surface area contributed by atoms with Crippen molar-refractivity contribution in [3.8, 4) is 5.75 Å². The normalized spacial score (nSPS) is 27.3. The number of alkyl carbamates (subject to hydrolysis) is 1. The first kappa shape index (κ1) is 37.9. The molecule has 4 N–H and O–H groups in total. The number of carboxylic acid groups (broad SMARTS) is 1. The van der Waals surface area contributed by atoms with Gasteiger partial charge >= 0.3 is 18.2 Å². The Morgan fingerprint density at radius 3 is 2.59 bits per heavy atom. The lowest BCUT2D eigenvalue weighted by Gasteiger charge is -2.30. The highest BCUT2D eigenvalue weighted by Crippen LogP contribution is 2.45. The molecule has 3 aliphatic heterocycles. The Morgan fingerprint density at radius 2 is 1.86 bits per heavy atom. The topological polar surface area (TPSA) is 176 Å². The highest BCUT2D eigenvalue weighted by Gasteiger charge is 2.61. The Hall–Kier alpha value is -4.33. The summed E-state index contributed by atoms with van der Waals surface area (Å²) >= 11 is 0. The quantitative estimate of drug-likeness (QED) is 0.229. The summed E-state index contributed by atoms with van der Waals surface area (Å²) in [5.41, 5.74) is -0.357. The van der Waals surface area contributed by atoms with E-state index in [1.807, 2.05) is 30.4 Å². The molecule has 14 nitrogen and oxygen atoms in total. The maximum Gasteiger partial charge on any atom is 0.410 e. The van der Waals surface area contributed by atoms with Crippen LogP contribution in [0.25, 0.3) is 0 Å². The van der Waals surface area contributed by atoms with Gasteiger partial charge in [-0.1, -0.05) is 44.9 Å². The number of allylic oxidation sites excluding steroid dienone is 1. The molecular weight excluding hydrogens is 658 g/mol. The van der Waals surface area contributed by atoms with Crippen molar-refractivity contribution >= 4 is 30.0 Å². The van der Waals surface area contributed by atoms with E-state index in [1.165, 1.54) is 4.90 Å². The molecule has 14 heteroatoms. The SMILES string of the molecule is CC(C)NCCOc1ccc2c(c1)CN(C(=O)O[C@@H]1CC3C(=O)N[C@]4(C(=O)O)C[C@H]4/C=C\CCCCC[C@H](NC(=O)OC(C)(C)C)C(=O)N3C1)C2. The monoisotopic (exact) mass is 711 g/mol. The summed E-state index contributed by atoms with van der Waals surface area (Å²) in [7, 11) is 0. The second kappa shape index (κ2) is 15.9. The van der Waals surface area contributed by atoms with E-state index in [4.69, 9.17) is 14.2 Å². The van der Waals surface area contributed by atoms with E-state index in [0.717, 1.165) is 30.4 Å². The maximum absolute atomic E-state index is 14.2. The van der Waals surface area contributed by atoms with E-state index in [9.17, 15) is 29.1 Å². The van der Waals surface area contributed by atoms with Crippen LogP contribution in [-0.2, 0) is 36.9 Å². The van der Waals surface area contributed by atoms with Crippen molar-refractivity contribution in [2.75, 3.05) is 19.7 Å². The van der Waals surface area contributed by atoms with E-state index in [-0.39, 0.29) is 25.3 Å². The van der Waals surface area contributed by atoms with Crippen molar-refractivity contribution in [1.29, 1.82) is 0 Å². The number of carbonyl (C=O) groups excluding carboxylic acids is 4. The van der Waals surface area contributed by atoms with Crippen LogP contribution in [-0.4, -0.2) is 99.9 Å². The van der Waals surface area contributed by atoms with Crippen LogP contribution in [0.3, 0.4) is 0 Å². The number of nitrogens with one attached hydrogen (secondary N) is 3. The number of fused-ring (bicyclic) bond motifs is 3. The first-order chi connectivity index (χ1) is 24.1. The number of hydrogen-bond acceptors (Lipinski definition) is 9. The fourth-order valence-electron chi connectivity index (χ4n) is 6.92. The van der Waals surface area contributed by atoms with Gasteiger partial charge in [0.2, 0.25) is 11.8 Å². The molecule has 5 rings (SSSR count). The molecule has 1 aliphatic carbocycles. The molecule has 0 spiro atoms. The minimum Gasteiger partial charge on any atom is -0.492 e. The summed E-state index contributed by atoms with van der Waals surface area (Å²) in [6.45, 7) is 11.1. The smallest absolute Gasteiger partial charge is 0.410 e. The first-order valence-corrected chi connectivity index (χ1v) is 18.1. The summed E-state index contributed by atoms with van der Waals surface area (Å²) in [5.74, 6) is -1.97. The Balaban J connectivity index is 1.30. The fraction of sp³-hybridized carbons (Fsp3) is 0.649. The molecule has 2 fully saturated rings. The second-order valence-electron chi connectivity index (χ2n) is 15.3. The Bertz CT molecular complexity index is 1510. The Labute approximate surface area is 299 Å². The lowest BCUT2D eigenvalue weighted by molar-refractivity contribution is -0.145. The van der Waals surface area contributed by atoms with Crippen molar-refractivity contribution in [2.45, 2.75) is 128 Å². The minimum atomic E-state index is -1.47. The number of amides is 4. The van der Waals surface area contributed by atoms with Crippen LogP contribution in [0, 0.1) is 5.92 Å². The molecule has 0 aromatic heterocycles. The number of aliphatic carboxylic acids is 1. The number of carbonyl (C=O) groups is 5. The molecule has 4 aliphatic rings. The molecule has 1 aromatic rings. The molecule has 51 heavy (non-hydrogen) atoms. The first-order valence-electron chi connectivity index (χ1n) is 18.1. The number of carboxylic acids is 1. The van der Waals surface area contributed by atoms with Gasteiger partial charge in [-0.25, -0.2) is 14.4 Å². The molecule has 280 valence electrons. The maximum atomic E-state index is 14.2. The molecule has 0 radical (unpaired) electrons. The lowest BCUT2D eigenvalue weighted by atomic mass is 10.0. The molecular formula is C37H53N5O9. The van der Waals surface area contributed by atoms with Crippen molar-refractivity contribution in [2.24, 2.45) is 5.92 Å². The van der Waals surface area contributed by atoms with E-state index < -0.39 is 59.3 Å². The highest BCUT2D eigenvalue weighted by atomic mass is 16.6. The van der Waals surface area contributed by atoms with Crippen LogP contribution in [0.2, 0.25) is 0 Å². The Morgan fingerprint density at radius 1 is 1.10 bits per heavy atom. The van der Waals surface area contributed by atoms with Crippen molar-refractivity contribution in [3.05, 3.63) is 41.5 Å². The predicted octanol–water partition coefficient (Wildman–Crippen LogP) is 3.86. The summed E-state index contributed by atoms with van der Waals surface area (Å²) in [5, 5.41) is 18.8. The third-order valence-corrected chi connectivity index (χ3v) is 9.66. The average molecular weight is 712 g/mol. The fourth-order valence-corrected chi connectivity index (χ4v) is 6.92. The van der Waals surface area contributed by atoms with Crippen LogP contribution in [0.1, 0.15) is 90.7 Å². The van der Waals surface area contributed by atoms with E-state index in [1.54, 1.807) is 25.7 Å². The van der Waals surface area contributed by atoms with E-state index in [2.05, 4.69) is 29.8 Å². The molecule has 0 bridgehead atoms. The largest absolute Gasteiger partial charge is 0.492 e. The molecule has 1 aromatic carbocycles. The van der Waals surface area contributed by atoms with Gasteiger partial charge in [-0.05, 0) is 69.7 Å². The van der Waals surface area contributed by atoms with Gasteiger partial charge in [0.05, 0.1) is 6.54 Å². The van der Waals surface area contributed by atoms with E-state index >= 15 is 0 Å².